The molecule has 0 radical (unpaired) electrons. The number of amides is 3. The molecule has 1 aromatic heterocycles. The van der Waals surface area contributed by atoms with Crippen molar-refractivity contribution in [3.8, 4) is 0 Å². The van der Waals surface area contributed by atoms with Crippen LogP contribution in [0, 0.1) is 6.92 Å². The van der Waals surface area contributed by atoms with E-state index in [1.165, 1.54) is 17.9 Å². The third-order valence-corrected chi connectivity index (χ3v) is 3.43. The summed E-state index contributed by atoms with van der Waals surface area (Å²) in [5.74, 6) is -2.10. The van der Waals surface area contributed by atoms with E-state index >= 15 is 0 Å². The van der Waals surface area contributed by atoms with E-state index in [4.69, 9.17) is 4.74 Å². The second kappa shape index (κ2) is 7.83. The Balaban J connectivity index is 2.21. The van der Waals surface area contributed by atoms with Gasteiger partial charge in [-0.2, -0.15) is 14.8 Å². The Bertz CT molecular complexity index is 836. The first kappa shape index (κ1) is 19.2. The number of carbonyl (C=O) groups excluding carboxylic acids is 3. The van der Waals surface area contributed by atoms with E-state index in [0.717, 1.165) is 0 Å². The number of hydrogen-bond donors (Lipinski definition) is 2. The Kier molecular flexibility index (Phi) is 5.78. The van der Waals surface area contributed by atoms with Crippen LogP contribution in [0.2, 0.25) is 0 Å². The van der Waals surface area contributed by atoms with Gasteiger partial charge >= 0.3 is 11.8 Å². The van der Waals surface area contributed by atoms with Crippen molar-refractivity contribution in [2.75, 3.05) is 19.0 Å². The quantitative estimate of drug-likeness (QED) is 0.579. The topological polar surface area (TPSA) is 127 Å². The largest absolute Gasteiger partial charge is 0.383 e. The van der Waals surface area contributed by atoms with Gasteiger partial charge in [0, 0.05) is 19.2 Å². The van der Waals surface area contributed by atoms with Crippen LogP contribution >= 0.6 is 0 Å². The number of ether oxygens (including phenoxy) is 1. The van der Waals surface area contributed by atoms with Crippen molar-refractivity contribution in [3.05, 3.63) is 23.9 Å². The summed E-state index contributed by atoms with van der Waals surface area (Å²) >= 11 is 0. The SMILES string of the molecule is C=C1C(=O)N=C(n2nc(C)cc2NC(=O)C(=O)NC(C)COC)N=C1C. The van der Waals surface area contributed by atoms with Gasteiger partial charge < -0.3 is 15.4 Å². The van der Waals surface area contributed by atoms with E-state index in [1.54, 1.807) is 20.8 Å². The Morgan fingerprint density at radius 1 is 1.31 bits per heavy atom. The number of carbonyl (C=O) groups is 3. The van der Waals surface area contributed by atoms with Crippen LogP contribution < -0.4 is 10.6 Å². The third-order valence-electron chi connectivity index (χ3n) is 3.43. The molecule has 1 aliphatic rings. The summed E-state index contributed by atoms with van der Waals surface area (Å²) in [4.78, 5) is 43.9. The molecule has 1 unspecified atom stereocenters. The summed E-state index contributed by atoms with van der Waals surface area (Å²) in [5, 5.41) is 9.10. The summed E-state index contributed by atoms with van der Waals surface area (Å²) in [6, 6.07) is 1.20. The lowest BCUT2D eigenvalue weighted by molar-refractivity contribution is -0.136. The Labute approximate surface area is 150 Å². The van der Waals surface area contributed by atoms with Gasteiger partial charge in [-0.15, -0.1) is 0 Å². The van der Waals surface area contributed by atoms with Gasteiger partial charge in [0.1, 0.15) is 5.82 Å². The molecular weight excluding hydrogens is 340 g/mol. The van der Waals surface area contributed by atoms with Crippen LogP contribution in [0.5, 0.6) is 0 Å². The molecule has 10 heteroatoms. The summed E-state index contributed by atoms with van der Waals surface area (Å²) in [6.07, 6.45) is 0. The van der Waals surface area contributed by atoms with Crippen LogP contribution in [0.25, 0.3) is 0 Å². The number of aryl methyl sites for hydroxylation is 1. The first-order valence-electron chi connectivity index (χ1n) is 7.78. The maximum absolute atomic E-state index is 12.1. The fraction of sp³-hybridized carbons (Fsp3) is 0.375. The smallest absolute Gasteiger partial charge is 0.314 e. The van der Waals surface area contributed by atoms with Crippen molar-refractivity contribution >= 4 is 35.2 Å². The molecule has 138 valence electrons. The average molecular weight is 360 g/mol. The molecular formula is C16H20N6O4. The van der Waals surface area contributed by atoms with E-state index in [2.05, 4.69) is 32.3 Å². The molecule has 1 aliphatic heterocycles. The molecule has 1 aromatic rings. The second-order valence-electron chi connectivity index (χ2n) is 5.76. The van der Waals surface area contributed by atoms with Crippen LogP contribution in [-0.4, -0.2) is 58.9 Å². The normalized spacial score (nSPS) is 15.2. The maximum Gasteiger partial charge on any atom is 0.314 e. The van der Waals surface area contributed by atoms with Crippen LogP contribution in [0.1, 0.15) is 19.5 Å². The minimum Gasteiger partial charge on any atom is -0.383 e. The van der Waals surface area contributed by atoms with Crippen LogP contribution in [-0.2, 0) is 19.1 Å². The molecule has 2 N–H and O–H groups in total. The average Bonchev–Trinajstić information content (AvgIpc) is 2.92. The van der Waals surface area contributed by atoms with Crippen molar-refractivity contribution < 1.29 is 19.1 Å². The zero-order valence-electron chi connectivity index (χ0n) is 15.0. The minimum absolute atomic E-state index is 0.0172. The Morgan fingerprint density at radius 3 is 2.62 bits per heavy atom. The highest BCUT2D eigenvalue weighted by Gasteiger charge is 2.23. The van der Waals surface area contributed by atoms with Crippen molar-refractivity contribution in [2.45, 2.75) is 26.8 Å². The summed E-state index contributed by atoms with van der Waals surface area (Å²) < 4.78 is 6.09. The van der Waals surface area contributed by atoms with Crippen LogP contribution in [0.3, 0.4) is 0 Å². The predicted octanol–water partition coefficient (Wildman–Crippen LogP) is 0.0425. The van der Waals surface area contributed by atoms with Crippen molar-refractivity contribution in [1.82, 2.24) is 15.1 Å². The van der Waals surface area contributed by atoms with Gasteiger partial charge in [-0.3, -0.25) is 14.4 Å². The molecule has 0 aromatic carbocycles. The van der Waals surface area contributed by atoms with Gasteiger partial charge in [0.15, 0.2) is 0 Å². The number of anilines is 1. The molecule has 10 nitrogen and oxygen atoms in total. The zero-order valence-corrected chi connectivity index (χ0v) is 15.0. The van der Waals surface area contributed by atoms with Crippen molar-refractivity contribution in [2.24, 2.45) is 9.98 Å². The van der Waals surface area contributed by atoms with Gasteiger partial charge in [-0.25, -0.2) is 4.99 Å². The lowest BCUT2D eigenvalue weighted by Crippen LogP contribution is -2.42. The number of methoxy groups -OCH3 is 1. The lowest BCUT2D eigenvalue weighted by atomic mass is 10.2. The van der Waals surface area contributed by atoms with Gasteiger partial charge in [-0.05, 0) is 20.8 Å². The number of nitrogens with one attached hydrogen (secondary N) is 2. The van der Waals surface area contributed by atoms with Crippen LogP contribution in [0.4, 0.5) is 5.82 Å². The fourth-order valence-electron chi connectivity index (χ4n) is 2.15. The van der Waals surface area contributed by atoms with E-state index < -0.39 is 17.7 Å². The first-order chi connectivity index (χ1) is 12.2. The predicted molar refractivity (Wildman–Crippen MR) is 95.2 cm³/mol. The number of nitrogens with zero attached hydrogens (tertiary/aromatic N) is 4. The third kappa shape index (κ3) is 4.28. The number of aliphatic imine (C=N–C) groups is 2. The van der Waals surface area contributed by atoms with Gasteiger partial charge in [0.25, 0.3) is 11.9 Å². The number of aromatic nitrogens is 2. The summed E-state index contributed by atoms with van der Waals surface area (Å²) in [5.41, 5.74) is 1.13. The molecule has 3 amide bonds. The zero-order chi connectivity index (χ0) is 19.4. The number of hydrogen-bond acceptors (Lipinski definition) is 6. The highest BCUT2D eigenvalue weighted by Crippen LogP contribution is 2.14. The molecule has 2 rings (SSSR count). The van der Waals surface area contributed by atoms with Crippen molar-refractivity contribution in [3.63, 3.8) is 0 Å². The van der Waals surface area contributed by atoms with Gasteiger partial charge in [0.2, 0.25) is 0 Å². The minimum atomic E-state index is -0.887. The van der Waals surface area contributed by atoms with E-state index in [9.17, 15) is 14.4 Å². The molecule has 26 heavy (non-hydrogen) atoms. The standard InChI is InChI=1S/C16H20N6O4/c1-8-6-12(19-15(25)14(24)17-9(2)7-26-5)22(21-8)16-18-11(4)10(3)13(23)20-16/h6,9H,3,7H2,1-2,4-5H3,(H,17,24)(H,19,25). The maximum atomic E-state index is 12.1. The van der Waals surface area contributed by atoms with Crippen LogP contribution in [0.15, 0.2) is 28.2 Å². The van der Waals surface area contributed by atoms with Gasteiger partial charge in [0.05, 0.1) is 23.6 Å². The number of rotatable bonds is 4. The molecule has 0 bridgehead atoms. The molecule has 0 aliphatic carbocycles. The first-order valence-corrected chi connectivity index (χ1v) is 7.78. The highest BCUT2D eigenvalue weighted by atomic mass is 16.5. The molecule has 0 saturated carbocycles. The van der Waals surface area contributed by atoms with E-state index in [-0.39, 0.29) is 30.0 Å². The van der Waals surface area contributed by atoms with E-state index in [1.807, 2.05) is 0 Å². The molecule has 0 spiro atoms. The van der Waals surface area contributed by atoms with Gasteiger partial charge in [-0.1, -0.05) is 6.58 Å². The molecule has 2 heterocycles. The molecule has 1 atom stereocenters. The fourth-order valence-corrected chi connectivity index (χ4v) is 2.15. The summed E-state index contributed by atoms with van der Waals surface area (Å²) in [7, 11) is 1.49. The lowest BCUT2D eigenvalue weighted by Gasteiger charge is -2.14. The monoisotopic (exact) mass is 360 g/mol. The second-order valence-corrected chi connectivity index (χ2v) is 5.76. The van der Waals surface area contributed by atoms with Crippen molar-refractivity contribution in [1.29, 1.82) is 0 Å². The van der Waals surface area contributed by atoms with E-state index in [0.29, 0.717) is 11.4 Å². The molecule has 0 fully saturated rings. The molecule has 0 saturated heterocycles. The Hall–Kier alpha value is -3.14. The summed E-state index contributed by atoms with van der Waals surface area (Å²) in [6.45, 7) is 8.88. The Morgan fingerprint density at radius 2 is 2.00 bits per heavy atom. The highest BCUT2D eigenvalue weighted by molar-refractivity contribution is 6.39.